The number of guanidine groups is 1. The summed E-state index contributed by atoms with van der Waals surface area (Å²) < 4.78 is 1.92. The first-order valence-electron chi connectivity index (χ1n) is 7.49. The molecule has 1 aromatic carbocycles. The lowest BCUT2D eigenvalue weighted by molar-refractivity contribution is 0.295. The molecule has 1 aromatic heterocycles. The van der Waals surface area contributed by atoms with E-state index < -0.39 is 0 Å². The largest absolute Gasteiger partial charge is 0.370 e. The Hall–Kier alpha value is -2.30. The van der Waals surface area contributed by atoms with Crippen LogP contribution in [0.15, 0.2) is 47.7 Å². The highest BCUT2D eigenvalue weighted by molar-refractivity contribution is 5.79. The molecule has 0 unspecified atom stereocenters. The molecule has 0 spiro atoms. The van der Waals surface area contributed by atoms with Crippen molar-refractivity contribution in [3.63, 3.8) is 0 Å². The maximum Gasteiger partial charge on any atom is 0.191 e. The first-order valence-corrected chi connectivity index (χ1v) is 7.49. The highest BCUT2D eigenvalue weighted by Crippen LogP contribution is 2.43. The van der Waals surface area contributed by atoms with Crippen LogP contribution in [0, 0.1) is 0 Å². The molecule has 0 radical (unpaired) electrons. The van der Waals surface area contributed by atoms with Crippen LogP contribution in [-0.4, -0.2) is 39.8 Å². The van der Waals surface area contributed by atoms with Crippen LogP contribution in [0.4, 0.5) is 0 Å². The fraction of sp³-hybridized carbons (Fsp3) is 0.375. The van der Waals surface area contributed by atoms with Crippen molar-refractivity contribution in [1.29, 1.82) is 0 Å². The number of rotatable bonds is 3. The van der Waals surface area contributed by atoms with Crippen LogP contribution in [0.1, 0.15) is 24.3 Å². The van der Waals surface area contributed by atoms with Gasteiger partial charge in [-0.2, -0.15) is 5.10 Å². The van der Waals surface area contributed by atoms with Gasteiger partial charge in [0, 0.05) is 25.2 Å². The van der Waals surface area contributed by atoms with Gasteiger partial charge in [-0.25, -0.2) is 9.67 Å². The zero-order valence-electron chi connectivity index (χ0n) is 11.9. The Balaban J connectivity index is 1.46. The van der Waals surface area contributed by atoms with Crippen molar-refractivity contribution >= 4 is 5.96 Å². The van der Waals surface area contributed by atoms with Gasteiger partial charge in [-0.1, -0.05) is 18.2 Å². The third-order valence-corrected chi connectivity index (χ3v) is 4.29. The van der Waals surface area contributed by atoms with E-state index in [2.05, 4.69) is 33.3 Å². The second-order valence-electron chi connectivity index (χ2n) is 5.79. The maximum absolute atomic E-state index is 6.01. The minimum absolute atomic E-state index is 0.332. The van der Waals surface area contributed by atoms with Crippen LogP contribution in [0.2, 0.25) is 0 Å². The van der Waals surface area contributed by atoms with E-state index in [4.69, 9.17) is 5.73 Å². The molecular formula is C16H19N5. The minimum Gasteiger partial charge on any atom is -0.370 e. The molecule has 2 aliphatic rings. The van der Waals surface area contributed by atoms with Gasteiger partial charge in [-0.05, 0) is 30.5 Å². The SMILES string of the molecule is NC(=N[C@@H]1C[C@H]1c1cnn(-c2ccccc2)c1)N1CCC1. The number of hydrogen-bond acceptors (Lipinski definition) is 2. The van der Waals surface area contributed by atoms with Crippen molar-refractivity contribution in [1.82, 2.24) is 14.7 Å². The topological polar surface area (TPSA) is 59.4 Å². The summed E-state index contributed by atoms with van der Waals surface area (Å²) >= 11 is 0. The Morgan fingerprint density at radius 2 is 2.05 bits per heavy atom. The fourth-order valence-corrected chi connectivity index (χ4v) is 2.73. The summed E-state index contributed by atoms with van der Waals surface area (Å²) in [4.78, 5) is 6.78. The number of aliphatic imine (C=N–C) groups is 1. The lowest BCUT2D eigenvalue weighted by Crippen LogP contribution is -2.46. The third-order valence-electron chi connectivity index (χ3n) is 4.29. The molecule has 0 bridgehead atoms. The van der Waals surface area contributed by atoms with E-state index in [0.717, 1.165) is 25.2 Å². The number of para-hydroxylation sites is 1. The molecular weight excluding hydrogens is 262 g/mol. The van der Waals surface area contributed by atoms with Gasteiger partial charge in [0.15, 0.2) is 5.96 Å². The number of likely N-dealkylation sites (tertiary alicyclic amines) is 1. The predicted octanol–water partition coefficient (Wildman–Crippen LogP) is 1.75. The number of hydrogen-bond donors (Lipinski definition) is 1. The standard InChI is InChI=1S/C16H19N5/c17-16(20-7-4-8-20)19-15-9-14(15)12-10-18-21(11-12)13-5-2-1-3-6-13/h1-3,5-6,10-11,14-15H,4,7-9H2,(H2,17,19)/t14-,15+/m0/s1. The van der Waals surface area contributed by atoms with Crippen LogP contribution in [-0.2, 0) is 0 Å². The van der Waals surface area contributed by atoms with Crippen molar-refractivity contribution in [3.05, 3.63) is 48.3 Å². The highest BCUT2D eigenvalue weighted by Gasteiger charge is 2.40. The normalized spacial score (nSPS) is 24.8. The Bertz CT molecular complexity index is 656. The number of nitrogens with zero attached hydrogens (tertiary/aromatic N) is 4. The first-order chi connectivity index (χ1) is 10.3. The lowest BCUT2D eigenvalue weighted by Gasteiger charge is -2.31. The molecule has 2 aromatic rings. The monoisotopic (exact) mass is 281 g/mol. The number of nitrogens with two attached hydrogens (primary N) is 1. The van der Waals surface area contributed by atoms with Crippen molar-refractivity contribution in [3.8, 4) is 5.69 Å². The molecule has 108 valence electrons. The van der Waals surface area contributed by atoms with Crippen molar-refractivity contribution < 1.29 is 0 Å². The average Bonchev–Trinajstić information content (AvgIpc) is 3.02. The van der Waals surface area contributed by atoms with Crippen LogP contribution in [0.3, 0.4) is 0 Å². The fourth-order valence-electron chi connectivity index (χ4n) is 2.73. The number of benzene rings is 1. The molecule has 2 atom stereocenters. The molecule has 1 aliphatic carbocycles. The van der Waals surface area contributed by atoms with Crippen LogP contribution >= 0.6 is 0 Å². The van der Waals surface area contributed by atoms with Crippen molar-refractivity contribution in [2.45, 2.75) is 24.8 Å². The van der Waals surface area contributed by atoms with Gasteiger partial charge in [0.1, 0.15) is 0 Å². The van der Waals surface area contributed by atoms with Crippen molar-refractivity contribution in [2.75, 3.05) is 13.1 Å². The van der Waals surface area contributed by atoms with E-state index in [1.165, 1.54) is 12.0 Å². The van der Waals surface area contributed by atoms with Crippen LogP contribution < -0.4 is 5.73 Å². The predicted molar refractivity (Wildman–Crippen MR) is 82.5 cm³/mol. The van der Waals surface area contributed by atoms with Crippen molar-refractivity contribution in [2.24, 2.45) is 10.7 Å². The van der Waals surface area contributed by atoms with Gasteiger partial charge in [-0.3, -0.25) is 0 Å². The van der Waals surface area contributed by atoms with Gasteiger partial charge in [0.2, 0.25) is 0 Å². The Kier molecular flexibility index (Phi) is 2.91. The summed E-state index contributed by atoms with van der Waals surface area (Å²) in [7, 11) is 0. The van der Waals surface area contributed by atoms with Gasteiger partial charge in [0.05, 0.1) is 17.9 Å². The second kappa shape index (κ2) is 4.91. The first kappa shape index (κ1) is 12.4. The summed E-state index contributed by atoms with van der Waals surface area (Å²) in [6.45, 7) is 2.11. The molecule has 2 heterocycles. The summed E-state index contributed by atoms with van der Waals surface area (Å²) in [5, 5.41) is 4.45. The summed E-state index contributed by atoms with van der Waals surface area (Å²) in [5.74, 6) is 1.19. The smallest absolute Gasteiger partial charge is 0.191 e. The molecule has 0 amide bonds. The summed E-state index contributed by atoms with van der Waals surface area (Å²) in [6.07, 6.45) is 6.37. The highest BCUT2D eigenvalue weighted by atomic mass is 15.3. The molecule has 1 saturated heterocycles. The summed E-state index contributed by atoms with van der Waals surface area (Å²) in [6, 6.07) is 10.5. The van der Waals surface area contributed by atoms with E-state index >= 15 is 0 Å². The molecule has 4 rings (SSSR count). The molecule has 2 N–H and O–H groups in total. The molecule has 2 fully saturated rings. The van der Waals surface area contributed by atoms with Crippen LogP contribution in [0.5, 0.6) is 0 Å². The lowest BCUT2D eigenvalue weighted by atomic mass is 10.2. The van der Waals surface area contributed by atoms with Gasteiger partial charge >= 0.3 is 0 Å². The molecule has 1 aliphatic heterocycles. The van der Waals surface area contributed by atoms with Gasteiger partial charge < -0.3 is 10.6 Å². The van der Waals surface area contributed by atoms with E-state index in [1.807, 2.05) is 29.1 Å². The van der Waals surface area contributed by atoms with E-state index in [1.54, 1.807) is 0 Å². The molecule has 21 heavy (non-hydrogen) atoms. The third kappa shape index (κ3) is 2.39. The van der Waals surface area contributed by atoms with E-state index in [9.17, 15) is 0 Å². The summed E-state index contributed by atoms with van der Waals surface area (Å²) in [5.41, 5.74) is 8.35. The maximum atomic E-state index is 6.01. The second-order valence-corrected chi connectivity index (χ2v) is 5.79. The zero-order chi connectivity index (χ0) is 14.2. The quantitative estimate of drug-likeness (QED) is 0.689. The minimum atomic E-state index is 0.332. The van der Waals surface area contributed by atoms with Gasteiger partial charge in [0.25, 0.3) is 0 Å². The Morgan fingerprint density at radius 1 is 1.24 bits per heavy atom. The Morgan fingerprint density at radius 3 is 2.76 bits per heavy atom. The van der Waals surface area contributed by atoms with Gasteiger partial charge in [-0.15, -0.1) is 0 Å². The molecule has 5 heteroatoms. The van der Waals surface area contributed by atoms with E-state index in [-0.39, 0.29) is 0 Å². The molecule has 1 saturated carbocycles. The van der Waals surface area contributed by atoms with E-state index in [0.29, 0.717) is 17.9 Å². The average molecular weight is 281 g/mol. The van der Waals surface area contributed by atoms with Crippen LogP contribution in [0.25, 0.3) is 5.69 Å². The Labute approximate surface area is 124 Å². The zero-order valence-corrected chi connectivity index (χ0v) is 11.9. The molecule has 5 nitrogen and oxygen atoms in total. The number of aromatic nitrogens is 2.